The van der Waals surface area contributed by atoms with Crippen molar-refractivity contribution >= 4 is 35.8 Å². The zero-order valence-corrected chi connectivity index (χ0v) is 20.6. The van der Waals surface area contributed by atoms with Crippen molar-refractivity contribution in [1.29, 1.82) is 0 Å². The number of halogens is 1. The first kappa shape index (κ1) is 26.4. The Balaban J connectivity index is 0.00000450. The van der Waals surface area contributed by atoms with Crippen LogP contribution in [0.5, 0.6) is 5.88 Å². The average molecular weight is 534 g/mol. The number of carbonyl (C=O) groups excluding carboxylic acids is 1. The molecular weight excluding hydrogens is 499 g/mol. The third-order valence-electron chi connectivity index (χ3n) is 4.58. The van der Waals surface area contributed by atoms with Crippen molar-refractivity contribution in [3.8, 4) is 5.88 Å². The Kier molecular flexibility index (Phi) is 13.4. The van der Waals surface area contributed by atoms with E-state index in [2.05, 4.69) is 37.3 Å². The van der Waals surface area contributed by atoms with Crippen LogP contribution >= 0.6 is 24.0 Å². The molecule has 1 amide bonds. The summed E-state index contributed by atoms with van der Waals surface area (Å²) in [5.74, 6) is 1.56. The summed E-state index contributed by atoms with van der Waals surface area (Å²) in [6.45, 7) is 8.20. The molecule has 1 aromatic rings. The van der Waals surface area contributed by atoms with Gasteiger partial charge in [-0.3, -0.25) is 14.7 Å². The molecule has 2 heterocycles. The summed E-state index contributed by atoms with van der Waals surface area (Å²) in [6.07, 6.45) is 2.79. The fourth-order valence-electron chi connectivity index (χ4n) is 2.99. The third kappa shape index (κ3) is 9.43. The van der Waals surface area contributed by atoms with Gasteiger partial charge in [-0.1, -0.05) is 13.0 Å². The molecule has 1 aliphatic heterocycles. The Bertz CT molecular complexity index is 636. The maximum absolute atomic E-state index is 11.9. The first-order chi connectivity index (χ1) is 14.2. The molecule has 9 nitrogen and oxygen atoms in total. The number of nitrogens with one attached hydrogen (secondary N) is 2. The van der Waals surface area contributed by atoms with Gasteiger partial charge in [-0.05, 0) is 12.0 Å². The summed E-state index contributed by atoms with van der Waals surface area (Å²) in [5.41, 5.74) is 1.07. The number of hydrogen-bond donors (Lipinski definition) is 2. The SMILES string of the molecule is CCCOc1ccc(CNC(=NC)N2CCN(CC(=O)NCCOC)CC2)cn1.I. The van der Waals surface area contributed by atoms with Gasteiger partial charge in [-0.2, -0.15) is 0 Å². The Morgan fingerprint density at radius 2 is 1.97 bits per heavy atom. The molecule has 0 saturated carbocycles. The van der Waals surface area contributed by atoms with Crippen LogP contribution in [-0.2, 0) is 16.1 Å². The van der Waals surface area contributed by atoms with E-state index in [1.54, 1.807) is 14.2 Å². The summed E-state index contributed by atoms with van der Waals surface area (Å²) in [5, 5.41) is 6.25. The van der Waals surface area contributed by atoms with Gasteiger partial charge in [0.15, 0.2) is 5.96 Å². The van der Waals surface area contributed by atoms with Gasteiger partial charge in [0.1, 0.15) is 0 Å². The number of aromatic nitrogens is 1. The molecule has 170 valence electrons. The molecule has 30 heavy (non-hydrogen) atoms. The van der Waals surface area contributed by atoms with E-state index in [1.165, 1.54) is 0 Å². The largest absolute Gasteiger partial charge is 0.478 e. The maximum Gasteiger partial charge on any atom is 0.234 e. The van der Waals surface area contributed by atoms with Crippen molar-refractivity contribution in [3.05, 3.63) is 23.9 Å². The lowest BCUT2D eigenvalue weighted by Crippen LogP contribution is -2.54. The van der Waals surface area contributed by atoms with Crippen LogP contribution in [0.2, 0.25) is 0 Å². The minimum Gasteiger partial charge on any atom is -0.478 e. The second kappa shape index (κ2) is 15.2. The van der Waals surface area contributed by atoms with Gasteiger partial charge in [0.05, 0.1) is 19.8 Å². The number of guanidine groups is 1. The minimum absolute atomic E-state index is 0. The number of amides is 1. The van der Waals surface area contributed by atoms with E-state index in [-0.39, 0.29) is 29.9 Å². The van der Waals surface area contributed by atoms with Crippen molar-refractivity contribution in [2.45, 2.75) is 19.9 Å². The number of nitrogens with zero attached hydrogens (tertiary/aromatic N) is 4. The molecule has 10 heteroatoms. The minimum atomic E-state index is 0. The molecule has 0 aliphatic carbocycles. The van der Waals surface area contributed by atoms with Gasteiger partial charge in [0.25, 0.3) is 0 Å². The molecule has 2 N–H and O–H groups in total. The van der Waals surface area contributed by atoms with E-state index in [0.29, 0.717) is 38.7 Å². The van der Waals surface area contributed by atoms with Gasteiger partial charge in [0, 0.05) is 65.7 Å². The fourth-order valence-corrected chi connectivity index (χ4v) is 2.99. The van der Waals surface area contributed by atoms with Crippen LogP contribution < -0.4 is 15.4 Å². The van der Waals surface area contributed by atoms with E-state index in [9.17, 15) is 4.79 Å². The first-order valence-corrected chi connectivity index (χ1v) is 10.2. The first-order valence-electron chi connectivity index (χ1n) is 10.2. The number of methoxy groups -OCH3 is 1. The second-order valence-corrected chi connectivity index (χ2v) is 6.86. The Labute approximate surface area is 196 Å². The number of piperazine rings is 1. The predicted molar refractivity (Wildman–Crippen MR) is 129 cm³/mol. The van der Waals surface area contributed by atoms with Crippen LogP contribution in [0.3, 0.4) is 0 Å². The zero-order valence-electron chi connectivity index (χ0n) is 18.2. The monoisotopic (exact) mass is 534 g/mol. The molecule has 1 aliphatic rings. The standard InChI is InChI=1S/C20H34N6O3.HI/c1-4-12-29-19-6-5-17(14-23-19)15-24-20(21-2)26-10-8-25(9-11-26)16-18(27)22-7-13-28-3;/h5-6,14H,4,7-13,15-16H2,1-3H3,(H,21,24)(H,22,27);1H. The molecule has 1 saturated heterocycles. The van der Waals surface area contributed by atoms with Gasteiger partial charge in [-0.25, -0.2) is 4.98 Å². The third-order valence-corrected chi connectivity index (χ3v) is 4.58. The zero-order chi connectivity index (χ0) is 20.9. The highest BCUT2D eigenvalue weighted by atomic mass is 127. The smallest absolute Gasteiger partial charge is 0.234 e. The molecule has 0 radical (unpaired) electrons. The van der Waals surface area contributed by atoms with E-state index < -0.39 is 0 Å². The van der Waals surface area contributed by atoms with Crippen LogP contribution in [-0.4, -0.2) is 93.3 Å². The Hall–Kier alpha value is -1.66. The van der Waals surface area contributed by atoms with Gasteiger partial charge in [-0.15, -0.1) is 24.0 Å². The van der Waals surface area contributed by atoms with Crippen molar-refractivity contribution < 1.29 is 14.3 Å². The molecule has 0 unspecified atom stereocenters. The lowest BCUT2D eigenvalue weighted by Gasteiger charge is -2.36. The highest BCUT2D eigenvalue weighted by molar-refractivity contribution is 14.0. The van der Waals surface area contributed by atoms with E-state index in [4.69, 9.17) is 9.47 Å². The molecule has 0 aromatic carbocycles. The number of carbonyl (C=O) groups is 1. The van der Waals surface area contributed by atoms with E-state index >= 15 is 0 Å². The van der Waals surface area contributed by atoms with E-state index in [0.717, 1.165) is 44.1 Å². The number of pyridine rings is 1. The summed E-state index contributed by atoms with van der Waals surface area (Å²) < 4.78 is 10.5. The second-order valence-electron chi connectivity index (χ2n) is 6.86. The summed E-state index contributed by atoms with van der Waals surface area (Å²) in [6, 6.07) is 3.91. The fraction of sp³-hybridized carbons (Fsp3) is 0.650. The van der Waals surface area contributed by atoms with Crippen molar-refractivity contribution in [2.24, 2.45) is 4.99 Å². The Morgan fingerprint density at radius 1 is 1.20 bits per heavy atom. The van der Waals surface area contributed by atoms with Gasteiger partial charge >= 0.3 is 0 Å². The van der Waals surface area contributed by atoms with Crippen LogP contribution in [0.4, 0.5) is 0 Å². The lowest BCUT2D eigenvalue weighted by atomic mass is 10.3. The molecule has 1 fully saturated rings. The van der Waals surface area contributed by atoms with Crippen LogP contribution in [0, 0.1) is 0 Å². The van der Waals surface area contributed by atoms with Crippen molar-refractivity contribution in [1.82, 2.24) is 25.4 Å². The quantitative estimate of drug-likeness (QED) is 0.200. The predicted octanol–water partition coefficient (Wildman–Crippen LogP) is 0.944. The normalized spacial score (nSPS) is 14.8. The average Bonchev–Trinajstić information content (AvgIpc) is 2.75. The Morgan fingerprint density at radius 3 is 2.57 bits per heavy atom. The summed E-state index contributed by atoms with van der Waals surface area (Å²) in [4.78, 5) is 25.0. The molecular formula is C20H35IN6O3. The number of aliphatic imine (C=N–C) groups is 1. The molecule has 0 spiro atoms. The topological polar surface area (TPSA) is 91.3 Å². The number of rotatable bonds is 10. The van der Waals surface area contributed by atoms with Crippen molar-refractivity contribution in [3.63, 3.8) is 0 Å². The summed E-state index contributed by atoms with van der Waals surface area (Å²) in [7, 11) is 3.41. The highest BCUT2D eigenvalue weighted by Crippen LogP contribution is 2.08. The van der Waals surface area contributed by atoms with Crippen LogP contribution in [0.25, 0.3) is 0 Å². The van der Waals surface area contributed by atoms with Gasteiger partial charge in [0.2, 0.25) is 11.8 Å². The number of ether oxygens (including phenoxy) is 2. The molecule has 1 aromatic heterocycles. The lowest BCUT2D eigenvalue weighted by molar-refractivity contribution is -0.122. The molecule has 0 bridgehead atoms. The highest BCUT2D eigenvalue weighted by Gasteiger charge is 2.21. The van der Waals surface area contributed by atoms with Gasteiger partial charge < -0.3 is 25.0 Å². The molecule has 0 atom stereocenters. The number of hydrogen-bond acceptors (Lipinski definition) is 6. The van der Waals surface area contributed by atoms with Crippen LogP contribution in [0.15, 0.2) is 23.3 Å². The maximum atomic E-state index is 11.9. The van der Waals surface area contributed by atoms with Crippen molar-refractivity contribution in [2.75, 3.05) is 66.6 Å². The van der Waals surface area contributed by atoms with E-state index in [1.807, 2.05) is 18.3 Å². The van der Waals surface area contributed by atoms with Crippen LogP contribution in [0.1, 0.15) is 18.9 Å². The molecule has 2 rings (SSSR count). The summed E-state index contributed by atoms with van der Waals surface area (Å²) >= 11 is 0.